The number of imidazole rings is 2. The van der Waals surface area contributed by atoms with Crippen LogP contribution in [0.1, 0.15) is 108 Å². The number of nitrogens with one attached hydrogen (secondary N) is 3. The Kier molecular flexibility index (Phi) is 17.3. The van der Waals surface area contributed by atoms with E-state index in [9.17, 15) is 8.78 Å². The number of thiazole rings is 1. The normalized spacial score (nSPS) is 15.1. The Bertz CT molecular complexity index is 5250. The number of para-hydroxylation sites is 2. The molecule has 3 N–H and O–H groups in total. The molecule has 96 heavy (non-hydrogen) atoms. The minimum Gasteiger partial charge on any atom is -0.489 e. The van der Waals surface area contributed by atoms with Crippen LogP contribution in [0.2, 0.25) is 0 Å². The van der Waals surface area contributed by atoms with Gasteiger partial charge in [-0.3, -0.25) is 4.98 Å². The minimum absolute atomic E-state index is 0.275. The van der Waals surface area contributed by atoms with Crippen LogP contribution in [-0.4, -0.2) is 121 Å². The Morgan fingerprint density at radius 2 is 1.11 bits per heavy atom. The molecule has 3 saturated heterocycles. The summed E-state index contributed by atoms with van der Waals surface area (Å²) in [5.74, 6) is 1.21. The van der Waals surface area contributed by atoms with Crippen molar-refractivity contribution >= 4 is 82.2 Å². The lowest BCUT2D eigenvalue weighted by atomic mass is 9.93. The average Bonchev–Trinajstić information content (AvgIpc) is 1.25. The predicted octanol–water partition coefficient (Wildman–Crippen LogP) is 13.7. The van der Waals surface area contributed by atoms with Crippen LogP contribution < -0.4 is 20.7 Å². The van der Waals surface area contributed by atoms with Gasteiger partial charge in [0.15, 0.2) is 17.3 Å². The highest BCUT2D eigenvalue weighted by Gasteiger charge is 2.24. The van der Waals surface area contributed by atoms with E-state index < -0.39 is 0 Å². The number of oxazole rings is 1. The first-order valence-electron chi connectivity index (χ1n) is 32.7. The number of piperidine rings is 3. The molecule has 0 unspecified atom stereocenters. The lowest BCUT2D eigenvalue weighted by Crippen LogP contribution is -2.27. The third-order valence-electron chi connectivity index (χ3n) is 18.3. The van der Waals surface area contributed by atoms with Gasteiger partial charge in [-0.05, 0) is 196 Å². The zero-order chi connectivity index (χ0) is 65.6. The zero-order valence-corrected chi connectivity index (χ0v) is 54.6. The Morgan fingerprint density at radius 3 is 1.72 bits per heavy atom. The molecule has 10 aromatic heterocycles. The molecule has 0 amide bonds. The molecule has 3 fully saturated rings. The van der Waals surface area contributed by atoms with Crippen molar-refractivity contribution in [3.63, 3.8) is 0 Å². The Labute approximate surface area is 553 Å². The van der Waals surface area contributed by atoms with Gasteiger partial charge in [0, 0.05) is 75.8 Å². The molecule has 3 aliphatic rings. The molecule has 0 spiro atoms. The van der Waals surface area contributed by atoms with Crippen molar-refractivity contribution in [2.45, 2.75) is 104 Å². The number of rotatable bonds is 11. The third kappa shape index (κ3) is 12.9. The molecule has 20 nitrogen and oxygen atoms in total. The van der Waals surface area contributed by atoms with E-state index in [0.717, 1.165) is 168 Å². The maximum absolute atomic E-state index is 15.4. The molecule has 13 heterocycles. The Hall–Kier alpha value is -9.88. The second-order valence-corrected chi connectivity index (χ2v) is 26.2. The van der Waals surface area contributed by atoms with Gasteiger partial charge in [-0.25, -0.2) is 42.6 Å². The largest absolute Gasteiger partial charge is 0.489 e. The number of aryl methyl sites for hydroxylation is 6. The zero-order valence-electron chi connectivity index (χ0n) is 53.8. The number of nitrogens with zero attached hydrogens (tertiary/aromatic N) is 15. The van der Waals surface area contributed by atoms with Crippen molar-refractivity contribution in [1.82, 2.24) is 90.6 Å². The van der Waals surface area contributed by atoms with Crippen molar-refractivity contribution in [2.75, 3.05) is 45.9 Å². The van der Waals surface area contributed by atoms with Crippen molar-refractivity contribution in [2.24, 2.45) is 0 Å². The average molecular weight is 1310 g/mol. The van der Waals surface area contributed by atoms with Gasteiger partial charge in [-0.1, -0.05) is 12.1 Å². The number of hydrogen-bond donors (Lipinski definition) is 3. The molecule has 14 aromatic rings. The fraction of sp³-hybridized carbons (Fsp3) is 0.319. The maximum Gasteiger partial charge on any atom is 0.247 e. The molecule has 0 atom stereocenters. The van der Waals surface area contributed by atoms with Crippen molar-refractivity contribution in [3.8, 4) is 38.8 Å². The lowest BCUT2D eigenvalue weighted by molar-refractivity contribution is 0.304. The standard InChI is InChI=1S/C30H29FN8O.C21H20FN5O.C21H20FN5S/c1-19-17-39-30(34-19)29(40-12-4-11-38-18-33-24-5-2-3-6-28(24)38)16-26(37-39)21-13-23(31)22-15-25(35-36-27(22)14-21)20-7-9-32-10-8-20;1-11-7-17(25-21-20(11)24-12(2)28-21)14-8-16(22)15-10-18(26-27-19(15)9-14)13-3-5-23-6-4-13;1-11-7-19-20(12(2)24-11)25-21(28-19)14-8-16(22)15-10-17(26-27-18(15)9-14)13-3-5-23-6-4-13/h2-3,5-6,13-18,20,32H,4,7-12H2,1H3;2*7-10,13,23H,3-6H2,1-2H3. The highest BCUT2D eigenvalue weighted by atomic mass is 32.1. The van der Waals surface area contributed by atoms with Crippen molar-refractivity contribution in [3.05, 3.63) is 173 Å². The fourth-order valence-electron chi connectivity index (χ4n) is 13.3. The van der Waals surface area contributed by atoms with Crippen LogP contribution in [0.15, 0.2) is 114 Å². The number of benzene rings is 4. The van der Waals surface area contributed by atoms with E-state index in [4.69, 9.17) is 19.2 Å². The molecule has 0 saturated carbocycles. The highest BCUT2D eigenvalue weighted by Crippen LogP contribution is 2.37. The molecule has 0 aliphatic carbocycles. The molecule has 4 aromatic carbocycles. The molecule has 0 bridgehead atoms. The minimum atomic E-state index is -0.337. The number of ether oxygens (including phenoxy) is 1. The first-order chi connectivity index (χ1) is 46.8. The quantitative estimate of drug-likeness (QED) is 0.102. The van der Waals surface area contributed by atoms with Gasteiger partial charge in [0.25, 0.3) is 0 Å². The first-order valence-corrected chi connectivity index (χ1v) is 33.5. The number of pyridine rings is 2. The summed E-state index contributed by atoms with van der Waals surface area (Å²) in [6, 6.07) is 29.5. The second kappa shape index (κ2) is 26.7. The summed E-state index contributed by atoms with van der Waals surface area (Å²) in [5.41, 5.74) is 15.8. The van der Waals surface area contributed by atoms with Crippen molar-refractivity contribution in [1.29, 1.82) is 0 Å². The van der Waals surface area contributed by atoms with Gasteiger partial charge >= 0.3 is 0 Å². The lowest BCUT2D eigenvalue weighted by Gasteiger charge is -2.21. The highest BCUT2D eigenvalue weighted by molar-refractivity contribution is 7.21. The van der Waals surface area contributed by atoms with Gasteiger partial charge in [0.2, 0.25) is 5.71 Å². The van der Waals surface area contributed by atoms with Crippen molar-refractivity contribution < 1.29 is 22.3 Å². The second-order valence-electron chi connectivity index (χ2n) is 25.2. The predicted molar refractivity (Wildman–Crippen MR) is 366 cm³/mol. The van der Waals surface area contributed by atoms with Gasteiger partial charge in [-0.2, -0.15) is 35.7 Å². The van der Waals surface area contributed by atoms with Crippen LogP contribution >= 0.6 is 11.3 Å². The van der Waals surface area contributed by atoms with E-state index in [1.165, 1.54) is 12.1 Å². The summed E-state index contributed by atoms with van der Waals surface area (Å²) in [6.45, 7) is 16.6. The monoisotopic (exact) mass is 1310 g/mol. The molecule has 486 valence electrons. The topological polar surface area (TPSA) is 235 Å². The number of halogens is 3. The smallest absolute Gasteiger partial charge is 0.247 e. The van der Waals surface area contributed by atoms with Gasteiger partial charge in [0.1, 0.15) is 33.5 Å². The molecule has 17 rings (SSSR count). The van der Waals surface area contributed by atoms with Crippen LogP contribution in [0.25, 0.3) is 104 Å². The van der Waals surface area contributed by atoms with Gasteiger partial charge in [-0.15, -0.1) is 11.3 Å². The molecule has 3 aliphatic heterocycles. The summed E-state index contributed by atoms with van der Waals surface area (Å²) in [7, 11) is 0. The van der Waals surface area contributed by atoms with Crippen LogP contribution in [0.3, 0.4) is 0 Å². The summed E-state index contributed by atoms with van der Waals surface area (Å²) < 4.78 is 62.0. The van der Waals surface area contributed by atoms with E-state index in [2.05, 4.69) is 82.1 Å². The van der Waals surface area contributed by atoms with E-state index in [1.54, 1.807) is 28.8 Å². The Balaban J connectivity index is 0.000000121. The number of aromatic nitrogens is 15. The molecular formula is C72H69F3N18O2S. The van der Waals surface area contributed by atoms with E-state index in [1.807, 2.05) is 113 Å². The van der Waals surface area contributed by atoms with Gasteiger partial charge < -0.3 is 29.7 Å². The summed E-state index contributed by atoms with van der Waals surface area (Å²) in [5, 5.41) is 43.3. The first kappa shape index (κ1) is 62.2. The molecule has 0 radical (unpaired) electrons. The Morgan fingerprint density at radius 1 is 0.552 bits per heavy atom. The maximum atomic E-state index is 15.4. The summed E-state index contributed by atoms with van der Waals surface area (Å²) in [4.78, 5) is 27.1. The fourth-order valence-corrected chi connectivity index (χ4v) is 14.4. The van der Waals surface area contributed by atoms with Crippen LogP contribution in [0.5, 0.6) is 5.75 Å². The molecule has 24 heteroatoms. The van der Waals surface area contributed by atoms with Crippen LogP contribution in [0, 0.1) is 52.1 Å². The van der Waals surface area contributed by atoms with Crippen LogP contribution in [-0.2, 0) is 6.54 Å². The van der Waals surface area contributed by atoms with E-state index in [-0.39, 0.29) is 17.5 Å². The number of hydrogen-bond acceptors (Lipinski definition) is 19. The number of fused-ring (bicyclic) bond motifs is 7. The van der Waals surface area contributed by atoms with E-state index >= 15 is 4.39 Å². The SMILES string of the molecule is Cc1cc2sc(-c3cc(F)c4cc(C5CCNCC5)nnc4c3)nc2c(C)n1.Cc1cn2nc(-c3cc(F)c4cc(C5CCNCC5)nnc4c3)cc(OCCCn3cnc4ccccc43)c2n1.Cc1nc2c(C)cc(-c3cc(F)c4cc(C5CCNCC5)nnc4c3)nc2o1. The van der Waals surface area contributed by atoms with Gasteiger partial charge in [0.05, 0.1) is 91.3 Å². The van der Waals surface area contributed by atoms with E-state index in [0.29, 0.717) is 103 Å². The third-order valence-corrected chi connectivity index (χ3v) is 19.4. The van der Waals surface area contributed by atoms with Crippen LogP contribution in [0.4, 0.5) is 13.2 Å². The summed E-state index contributed by atoms with van der Waals surface area (Å²) in [6.07, 6.45) is 10.5. The summed E-state index contributed by atoms with van der Waals surface area (Å²) >= 11 is 1.55. The molecular weight excluding hydrogens is 1240 g/mol.